The zero-order valence-electron chi connectivity index (χ0n) is 38.5. The van der Waals surface area contributed by atoms with E-state index >= 15 is 0 Å². The molecular formula is C53H66N2O11. The number of fused-ring (bicyclic) bond motifs is 3. The summed E-state index contributed by atoms with van der Waals surface area (Å²) in [5.74, 6) is 1.06. The predicted octanol–water partition coefficient (Wildman–Crippen LogP) is 10.2. The van der Waals surface area contributed by atoms with Gasteiger partial charge in [-0.3, -0.25) is 4.90 Å². The second-order valence-electron chi connectivity index (χ2n) is 18.0. The Bertz CT molecular complexity index is 2240. The number of carbonyl (C=O) groups is 1. The number of rotatable bonds is 21. The summed E-state index contributed by atoms with van der Waals surface area (Å²) in [5.41, 5.74) is 5.66. The number of aliphatic hydroxyl groups is 2. The monoisotopic (exact) mass is 906 g/mol. The molecular weight excluding hydrogens is 841 g/mol. The number of oxime groups is 1. The molecule has 0 bridgehead atoms. The van der Waals surface area contributed by atoms with E-state index in [-0.39, 0.29) is 63.9 Å². The smallest absolute Gasteiger partial charge is 0.410 e. The van der Waals surface area contributed by atoms with Gasteiger partial charge in [0, 0.05) is 44.1 Å². The first-order chi connectivity index (χ1) is 32.3. The van der Waals surface area contributed by atoms with E-state index < -0.39 is 30.1 Å². The lowest BCUT2D eigenvalue weighted by molar-refractivity contribution is -0.256. The Kier molecular flexibility index (Phi) is 15.7. The highest BCUT2D eigenvalue weighted by molar-refractivity contribution is 6.03. The van der Waals surface area contributed by atoms with Crippen LogP contribution in [0.5, 0.6) is 28.7 Å². The van der Waals surface area contributed by atoms with Gasteiger partial charge >= 0.3 is 6.09 Å². The first-order valence-corrected chi connectivity index (χ1v) is 23.8. The number of ether oxygens (including phenoxy) is 7. The van der Waals surface area contributed by atoms with E-state index in [0.717, 1.165) is 66.5 Å². The summed E-state index contributed by atoms with van der Waals surface area (Å²) in [5, 5.41) is 25.1. The molecule has 3 aliphatic heterocycles. The molecule has 1 amide bonds. The number of nitrogens with zero attached hydrogens (tertiary/aromatic N) is 2. The lowest BCUT2D eigenvalue weighted by Crippen LogP contribution is -2.70. The number of allylic oxidation sites excluding steroid dienone is 1. The third-order valence-corrected chi connectivity index (χ3v) is 13.7. The van der Waals surface area contributed by atoms with Crippen LogP contribution in [-0.2, 0) is 25.6 Å². The molecule has 5 aliphatic rings. The van der Waals surface area contributed by atoms with E-state index in [0.29, 0.717) is 61.0 Å². The molecule has 7 atom stereocenters. The summed E-state index contributed by atoms with van der Waals surface area (Å²) in [6.45, 7) is 13.3. The molecule has 1 unspecified atom stereocenters. The lowest BCUT2D eigenvalue weighted by Gasteiger charge is -2.59. The summed E-state index contributed by atoms with van der Waals surface area (Å²) in [6.07, 6.45) is 12.5. The number of unbranched alkanes of at least 4 members (excludes halogenated alkanes) is 2. The molecule has 13 heteroatoms. The van der Waals surface area contributed by atoms with Crippen LogP contribution in [-0.4, -0.2) is 84.9 Å². The van der Waals surface area contributed by atoms with Crippen molar-refractivity contribution in [2.75, 3.05) is 39.8 Å². The third-order valence-electron chi connectivity index (χ3n) is 13.7. The molecule has 0 aromatic heterocycles. The standard InChI is InChI=1S/C53H66N2O11/c1-5-7-26-60-52(58)55(33-37-18-21-46-47(29-37)62-34-61-46)48-32-44(54-66-49-16-10-13-27-59-49)42-30-38(14-8-11-23-56)41(15-9-12-24-57)50-43-31-40(64-39-19-17-35(3)36(4)28-39)20-22-45(43)65-53(48,51(42)50)63-25-6-2/h5-6,17-22,28-31,38,41,48-51,56-57H,1-2,7-16,23-27,32-34H2,3-4H3/t38-,41+,48-,49?,50+,51+,53+/m0/s1. The Morgan fingerprint density at radius 1 is 0.909 bits per heavy atom. The number of hydrogen-bond donors (Lipinski definition) is 2. The van der Waals surface area contributed by atoms with Crippen LogP contribution in [0.2, 0.25) is 0 Å². The van der Waals surface area contributed by atoms with Crippen LogP contribution in [0.4, 0.5) is 4.79 Å². The van der Waals surface area contributed by atoms with E-state index in [9.17, 15) is 15.0 Å². The van der Waals surface area contributed by atoms with Gasteiger partial charge in [0.05, 0.1) is 31.5 Å². The van der Waals surface area contributed by atoms with E-state index in [1.165, 1.54) is 5.56 Å². The molecule has 354 valence electrons. The normalized spacial score (nSPS) is 25.5. The average Bonchev–Trinajstić information content (AvgIpc) is 3.80. The number of hydrogen-bond acceptors (Lipinski definition) is 12. The highest BCUT2D eigenvalue weighted by atomic mass is 16.8. The Morgan fingerprint density at radius 3 is 2.47 bits per heavy atom. The molecule has 2 N–H and O–H groups in total. The summed E-state index contributed by atoms with van der Waals surface area (Å²) in [7, 11) is 0. The fraction of sp³-hybridized carbons (Fsp3) is 0.509. The van der Waals surface area contributed by atoms with Crippen molar-refractivity contribution in [2.24, 2.45) is 22.9 Å². The second-order valence-corrected chi connectivity index (χ2v) is 18.0. The fourth-order valence-electron chi connectivity index (χ4n) is 10.4. The van der Waals surface area contributed by atoms with Gasteiger partial charge in [-0.1, -0.05) is 48.4 Å². The van der Waals surface area contributed by atoms with Gasteiger partial charge in [-0.15, -0.1) is 13.2 Å². The Labute approximate surface area is 388 Å². The van der Waals surface area contributed by atoms with Crippen LogP contribution in [0, 0.1) is 31.6 Å². The van der Waals surface area contributed by atoms with Crippen molar-refractivity contribution in [3.63, 3.8) is 0 Å². The van der Waals surface area contributed by atoms with Gasteiger partial charge in [0.15, 0.2) is 11.5 Å². The maximum absolute atomic E-state index is 14.9. The van der Waals surface area contributed by atoms with Crippen LogP contribution in [0.15, 0.2) is 96.7 Å². The molecule has 1 saturated carbocycles. The molecule has 3 heterocycles. The topological polar surface area (TPSA) is 147 Å². The van der Waals surface area contributed by atoms with Crippen LogP contribution in [0.25, 0.3) is 0 Å². The molecule has 3 aromatic rings. The van der Waals surface area contributed by atoms with E-state index in [1.54, 1.807) is 17.1 Å². The van der Waals surface area contributed by atoms with E-state index in [4.69, 9.17) is 43.2 Å². The highest BCUT2D eigenvalue weighted by Gasteiger charge is 2.66. The molecule has 13 nitrogen and oxygen atoms in total. The van der Waals surface area contributed by atoms with Crippen LogP contribution < -0.4 is 18.9 Å². The Hall–Kier alpha value is -5.34. The fourth-order valence-corrected chi connectivity index (χ4v) is 10.4. The van der Waals surface area contributed by atoms with Crippen molar-refractivity contribution >= 4 is 11.8 Å². The second kappa shape index (κ2) is 22.0. The summed E-state index contributed by atoms with van der Waals surface area (Å²) < 4.78 is 44.8. The minimum Gasteiger partial charge on any atom is -0.459 e. The minimum atomic E-state index is -1.49. The number of aryl methyl sites for hydroxylation is 2. The maximum Gasteiger partial charge on any atom is 0.410 e. The lowest BCUT2D eigenvalue weighted by atomic mass is 9.55. The van der Waals surface area contributed by atoms with Gasteiger partial charge in [0.25, 0.3) is 0 Å². The van der Waals surface area contributed by atoms with Gasteiger partial charge < -0.3 is 48.2 Å². The SMILES string of the molecule is C=CCCOC(=O)N(Cc1ccc2c(c1)OCO2)[C@H]1CC(=NOC2CCCCO2)C2=C[C@H](CCCCO)[C@@H](CCCCO)[C@@H]3c4cc(Oc5ccc(C)c(C)c5)ccc4O[C@@]1(OCC=C)[C@H]23. The maximum atomic E-state index is 14.9. The van der Waals surface area contributed by atoms with Gasteiger partial charge in [-0.05, 0) is 135 Å². The van der Waals surface area contributed by atoms with Crippen LogP contribution >= 0.6 is 0 Å². The molecule has 66 heavy (non-hydrogen) atoms. The number of benzene rings is 3. The first-order valence-electron chi connectivity index (χ1n) is 23.8. The molecule has 8 rings (SSSR count). The first kappa shape index (κ1) is 47.2. The Morgan fingerprint density at radius 2 is 1.70 bits per heavy atom. The van der Waals surface area contributed by atoms with E-state index in [2.05, 4.69) is 45.2 Å². The highest BCUT2D eigenvalue weighted by Crippen LogP contribution is 2.62. The molecule has 2 fully saturated rings. The van der Waals surface area contributed by atoms with Crippen molar-refractivity contribution in [1.82, 2.24) is 4.90 Å². The molecule has 1 saturated heterocycles. The van der Waals surface area contributed by atoms with Crippen molar-refractivity contribution in [3.05, 3.63) is 114 Å². The van der Waals surface area contributed by atoms with Crippen molar-refractivity contribution < 1.29 is 53.0 Å². The van der Waals surface area contributed by atoms with Gasteiger partial charge in [-0.25, -0.2) is 4.79 Å². The summed E-state index contributed by atoms with van der Waals surface area (Å²) >= 11 is 0. The third kappa shape index (κ3) is 10.3. The molecule has 3 aromatic carbocycles. The minimum absolute atomic E-state index is 0.0275. The number of carbonyl (C=O) groups excluding carboxylic acids is 1. The predicted molar refractivity (Wildman–Crippen MR) is 250 cm³/mol. The van der Waals surface area contributed by atoms with Gasteiger partial charge in [-0.2, -0.15) is 0 Å². The van der Waals surface area contributed by atoms with E-state index in [1.807, 2.05) is 42.5 Å². The van der Waals surface area contributed by atoms with Crippen molar-refractivity contribution in [2.45, 2.75) is 115 Å². The zero-order chi connectivity index (χ0) is 46.0. The molecule has 0 spiro atoms. The van der Waals surface area contributed by atoms with Gasteiger partial charge in [0.1, 0.15) is 23.3 Å². The van der Waals surface area contributed by atoms with Crippen LogP contribution in [0.1, 0.15) is 98.8 Å². The summed E-state index contributed by atoms with van der Waals surface area (Å²) in [4.78, 5) is 22.9. The molecule has 2 aliphatic carbocycles. The number of amides is 1. The largest absolute Gasteiger partial charge is 0.459 e. The summed E-state index contributed by atoms with van der Waals surface area (Å²) in [6, 6.07) is 16.9. The van der Waals surface area contributed by atoms with Gasteiger partial charge in [0.2, 0.25) is 18.9 Å². The average molecular weight is 907 g/mol. The number of aliphatic hydroxyl groups excluding tert-OH is 2. The molecule has 0 radical (unpaired) electrons. The van der Waals surface area contributed by atoms with Crippen molar-refractivity contribution in [3.8, 4) is 28.7 Å². The van der Waals surface area contributed by atoms with Crippen LogP contribution in [0.3, 0.4) is 0 Å². The quantitative estimate of drug-likeness (QED) is 0.0598. The zero-order valence-corrected chi connectivity index (χ0v) is 38.5. The van der Waals surface area contributed by atoms with Crippen molar-refractivity contribution in [1.29, 1.82) is 0 Å². The Balaban J connectivity index is 1.33.